The lowest BCUT2D eigenvalue weighted by molar-refractivity contribution is 0.175. The predicted octanol–water partition coefficient (Wildman–Crippen LogP) is 3.47. The summed E-state index contributed by atoms with van der Waals surface area (Å²) in [5.41, 5.74) is 4.80. The summed E-state index contributed by atoms with van der Waals surface area (Å²) in [6.45, 7) is 4.46. The Bertz CT molecular complexity index is 416. The Balaban J connectivity index is 1.72. The van der Waals surface area contributed by atoms with Gasteiger partial charge in [0.05, 0.1) is 0 Å². The summed E-state index contributed by atoms with van der Waals surface area (Å²) in [4.78, 5) is 0. The summed E-state index contributed by atoms with van der Waals surface area (Å²) in [7, 11) is 0. The summed E-state index contributed by atoms with van der Waals surface area (Å²) in [6.07, 6.45) is 7.86. The van der Waals surface area contributed by atoms with Crippen molar-refractivity contribution in [1.82, 2.24) is 5.32 Å². The highest BCUT2D eigenvalue weighted by Crippen LogP contribution is 2.35. The van der Waals surface area contributed by atoms with Gasteiger partial charge in [0, 0.05) is 24.3 Å². The van der Waals surface area contributed by atoms with E-state index in [4.69, 9.17) is 0 Å². The molecule has 0 bridgehead atoms. The molecule has 1 aromatic carbocycles. The van der Waals surface area contributed by atoms with E-state index in [2.05, 4.69) is 35.8 Å². The lowest BCUT2D eigenvalue weighted by Gasteiger charge is -2.42. The van der Waals surface area contributed by atoms with Crippen molar-refractivity contribution >= 4 is 5.69 Å². The molecule has 1 aromatic rings. The third-order valence-corrected chi connectivity index (χ3v) is 4.80. The molecule has 2 aliphatic rings. The highest BCUT2D eigenvalue weighted by Gasteiger charge is 2.34. The molecule has 1 aliphatic heterocycles. The Hall–Kier alpha value is -1.02. The standard InChI is InChI=1S/C16H24N2/c1-2-16(9-5-10-16)18-12-14-7-3-6-13-8-4-11-17-15(13)14/h3,6-7,17-18H,2,4-5,8-12H2,1H3. The molecule has 98 valence electrons. The second-order valence-corrected chi connectivity index (χ2v) is 5.82. The molecule has 18 heavy (non-hydrogen) atoms. The first kappa shape index (κ1) is 12.0. The average molecular weight is 244 g/mol. The molecular formula is C16H24N2. The van der Waals surface area contributed by atoms with Crippen LogP contribution >= 0.6 is 0 Å². The highest BCUT2D eigenvalue weighted by atomic mass is 15.0. The topological polar surface area (TPSA) is 24.1 Å². The lowest BCUT2D eigenvalue weighted by atomic mass is 9.75. The monoisotopic (exact) mass is 244 g/mol. The average Bonchev–Trinajstić information content (AvgIpc) is 2.38. The van der Waals surface area contributed by atoms with Crippen molar-refractivity contribution in [2.45, 2.75) is 57.5 Å². The molecule has 0 radical (unpaired) electrons. The molecule has 2 N–H and O–H groups in total. The Morgan fingerprint density at radius 3 is 2.89 bits per heavy atom. The third-order valence-electron chi connectivity index (χ3n) is 4.80. The molecule has 0 atom stereocenters. The third kappa shape index (κ3) is 2.14. The first-order valence-corrected chi connectivity index (χ1v) is 7.43. The first-order valence-electron chi connectivity index (χ1n) is 7.43. The van der Waals surface area contributed by atoms with Gasteiger partial charge in [-0.3, -0.25) is 0 Å². The van der Waals surface area contributed by atoms with Crippen LogP contribution in [0.3, 0.4) is 0 Å². The number of benzene rings is 1. The summed E-state index contributed by atoms with van der Waals surface area (Å²) >= 11 is 0. The van der Waals surface area contributed by atoms with E-state index in [9.17, 15) is 0 Å². The second kappa shape index (κ2) is 4.93. The van der Waals surface area contributed by atoms with Crippen LogP contribution in [-0.4, -0.2) is 12.1 Å². The van der Waals surface area contributed by atoms with Gasteiger partial charge in [-0.15, -0.1) is 0 Å². The van der Waals surface area contributed by atoms with Crippen LogP contribution in [0.2, 0.25) is 0 Å². The van der Waals surface area contributed by atoms with Gasteiger partial charge in [0.2, 0.25) is 0 Å². The van der Waals surface area contributed by atoms with Gasteiger partial charge < -0.3 is 10.6 Å². The van der Waals surface area contributed by atoms with Gasteiger partial charge in [0.15, 0.2) is 0 Å². The zero-order chi connectivity index (χ0) is 12.4. The van der Waals surface area contributed by atoms with Crippen molar-refractivity contribution in [3.63, 3.8) is 0 Å². The Morgan fingerprint density at radius 1 is 1.28 bits per heavy atom. The number of aryl methyl sites for hydroxylation is 1. The maximum absolute atomic E-state index is 3.81. The van der Waals surface area contributed by atoms with Crippen molar-refractivity contribution in [3.05, 3.63) is 29.3 Å². The molecule has 0 amide bonds. The van der Waals surface area contributed by atoms with Crippen LogP contribution < -0.4 is 10.6 Å². The maximum atomic E-state index is 3.81. The summed E-state index contributed by atoms with van der Waals surface area (Å²) < 4.78 is 0. The summed E-state index contributed by atoms with van der Waals surface area (Å²) in [5, 5.41) is 7.39. The molecule has 1 heterocycles. The number of anilines is 1. The SMILES string of the molecule is CCC1(NCc2cccc3c2NCCC3)CCC1. The fraction of sp³-hybridized carbons (Fsp3) is 0.625. The second-order valence-electron chi connectivity index (χ2n) is 5.82. The van der Waals surface area contributed by atoms with Crippen LogP contribution in [0.25, 0.3) is 0 Å². The van der Waals surface area contributed by atoms with Gasteiger partial charge >= 0.3 is 0 Å². The summed E-state index contributed by atoms with van der Waals surface area (Å²) in [6, 6.07) is 6.75. The number of para-hydroxylation sites is 1. The van der Waals surface area contributed by atoms with E-state index >= 15 is 0 Å². The smallest absolute Gasteiger partial charge is 0.0418 e. The van der Waals surface area contributed by atoms with Crippen molar-refractivity contribution < 1.29 is 0 Å². The number of fused-ring (bicyclic) bond motifs is 1. The fourth-order valence-electron chi connectivity index (χ4n) is 3.27. The largest absolute Gasteiger partial charge is 0.385 e. The minimum atomic E-state index is 0.442. The molecule has 2 nitrogen and oxygen atoms in total. The first-order chi connectivity index (χ1) is 8.83. The van der Waals surface area contributed by atoms with E-state index < -0.39 is 0 Å². The maximum Gasteiger partial charge on any atom is 0.0418 e. The van der Waals surface area contributed by atoms with E-state index in [1.165, 1.54) is 55.3 Å². The molecular weight excluding hydrogens is 220 g/mol. The number of hydrogen-bond donors (Lipinski definition) is 2. The van der Waals surface area contributed by atoms with Gasteiger partial charge in [-0.05, 0) is 49.7 Å². The van der Waals surface area contributed by atoms with E-state index in [1.807, 2.05) is 0 Å². The minimum absolute atomic E-state index is 0.442. The molecule has 0 unspecified atom stereocenters. The number of hydrogen-bond acceptors (Lipinski definition) is 2. The Morgan fingerprint density at radius 2 is 2.17 bits per heavy atom. The molecule has 0 spiro atoms. The van der Waals surface area contributed by atoms with Crippen molar-refractivity contribution in [2.75, 3.05) is 11.9 Å². The van der Waals surface area contributed by atoms with E-state index in [1.54, 1.807) is 0 Å². The normalized spacial score (nSPS) is 20.7. The quantitative estimate of drug-likeness (QED) is 0.847. The summed E-state index contributed by atoms with van der Waals surface area (Å²) in [5.74, 6) is 0. The van der Waals surface area contributed by atoms with Crippen LogP contribution in [0.5, 0.6) is 0 Å². The molecule has 1 saturated carbocycles. The van der Waals surface area contributed by atoms with Gasteiger partial charge in [-0.25, -0.2) is 0 Å². The zero-order valence-electron chi connectivity index (χ0n) is 11.4. The molecule has 2 heteroatoms. The van der Waals surface area contributed by atoms with E-state index in [0.717, 1.165) is 13.1 Å². The fourth-order valence-corrected chi connectivity index (χ4v) is 3.27. The molecule has 3 rings (SSSR count). The van der Waals surface area contributed by atoms with Crippen LogP contribution in [0, 0.1) is 0 Å². The predicted molar refractivity (Wildman–Crippen MR) is 77.0 cm³/mol. The molecule has 0 aromatic heterocycles. The number of nitrogens with one attached hydrogen (secondary N) is 2. The van der Waals surface area contributed by atoms with Crippen LogP contribution in [0.1, 0.15) is 50.2 Å². The van der Waals surface area contributed by atoms with Crippen molar-refractivity contribution in [3.8, 4) is 0 Å². The minimum Gasteiger partial charge on any atom is -0.385 e. The number of rotatable bonds is 4. The van der Waals surface area contributed by atoms with Gasteiger partial charge in [-0.2, -0.15) is 0 Å². The van der Waals surface area contributed by atoms with Crippen LogP contribution in [0.4, 0.5) is 5.69 Å². The molecule has 1 fully saturated rings. The van der Waals surface area contributed by atoms with Gasteiger partial charge in [-0.1, -0.05) is 25.1 Å². The Kier molecular flexibility index (Phi) is 3.29. The highest BCUT2D eigenvalue weighted by molar-refractivity contribution is 5.59. The van der Waals surface area contributed by atoms with Gasteiger partial charge in [0.25, 0.3) is 0 Å². The van der Waals surface area contributed by atoms with Crippen LogP contribution in [-0.2, 0) is 13.0 Å². The Labute approximate surface area is 110 Å². The van der Waals surface area contributed by atoms with E-state index in [-0.39, 0.29) is 0 Å². The lowest BCUT2D eigenvalue weighted by Crippen LogP contribution is -2.49. The molecule has 0 saturated heterocycles. The molecule has 1 aliphatic carbocycles. The van der Waals surface area contributed by atoms with E-state index in [0.29, 0.717) is 5.54 Å². The van der Waals surface area contributed by atoms with Crippen molar-refractivity contribution in [2.24, 2.45) is 0 Å². The van der Waals surface area contributed by atoms with Crippen LogP contribution in [0.15, 0.2) is 18.2 Å². The van der Waals surface area contributed by atoms with Gasteiger partial charge in [0.1, 0.15) is 0 Å². The van der Waals surface area contributed by atoms with Crippen molar-refractivity contribution in [1.29, 1.82) is 0 Å². The zero-order valence-corrected chi connectivity index (χ0v) is 11.4.